The van der Waals surface area contributed by atoms with Crippen molar-refractivity contribution in [3.63, 3.8) is 0 Å². The molecular weight excluding hydrogens is 228 g/mol. The highest BCUT2D eigenvalue weighted by molar-refractivity contribution is 7.09. The minimum atomic E-state index is 0.457. The van der Waals surface area contributed by atoms with Gasteiger partial charge in [0, 0.05) is 10.9 Å². The van der Waals surface area contributed by atoms with Gasteiger partial charge in [-0.3, -0.25) is 11.3 Å². The molecule has 3 atom stereocenters. The molecule has 3 unspecified atom stereocenters. The van der Waals surface area contributed by atoms with Gasteiger partial charge in [-0.25, -0.2) is 0 Å². The second-order valence-electron chi connectivity index (χ2n) is 5.17. The molecule has 17 heavy (non-hydrogen) atoms. The molecule has 96 valence electrons. The number of hydrogen-bond acceptors (Lipinski definition) is 3. The Bertz CT molecular complexity index is 310. The van der Waals surface area contributed by atoms with Crippen molar-refractivity contribution in [2.45, 2.75) is 51.5 Å². The highest BCUT2D eigenvalue weighted by Gasteiger charge is 2.30. The molecule has 0 amide bonds. The Balaban J connectivity index is 2.00. The van der Waals surface area contributed by atoms with Gasteiger partial charge in [-0.05, 0) is 36.1 Å². The summed E-state index contributed by atoms with van der Waals surface area (Å²) in [7, 11) is 0. The van der Waals surface area contributed by atoms with Crippen LogP contribution in [-0.2, 0) is 6.42 Å². The van der Waals surface area contributed by atoms with Crippen molar-refractivity contribution in [2.24, 2.45) is 17.7 Å². The highest BCUT2D eigenvalue weighted by atomic mass is 32.1. The van der Waals surface area contributed by atoms with E-state index in [2.05, 4.69) is 29.9 Å². The van der Waals surface area contributed by atoms with Crippen molar-refractivity contribution in [1.29, 1.82) is 0 Å². The van der Waals surface area contributed by atoms with E-state index < -0.39 is 0 Å². The lowest BCUT2D eigenvalue weighted by Crippen LogP contribution is -2.45. The van der Waals surface area contributed by atoms with Crippen molar-refractivity contribution in [3.05, 3.63) is 22.4 Å². The largest absolute Gasteiger partial charge is 0.271 e. The maximum Gasteiger partial charge on any atom is 0.0289 e. The third-order valence-corrected chi connectivity index (χ3v) is 5.12. The number of rotatable bonds is 5. The maximum absolute atomic E-state index is 5.79. The van der Waals surface area contributed by atoms with Gasteiger partial charge in [0.1, 0.15) is 0 Å². The zero-order chi connectivity index (χ0) is 12.1. The van der Waals surface area contributed by atoms with Gasteiger partial charge in [-0.15, -0.1) is 11.3 Å². The number of thiophene rings is 1. The van der Waals surface area contributed by atoms with Crippen LogP contribution in [0.25, 0.3) is 0 Å². The van der Waals surface area contributed by atoms with Crippen molar-refractivity contribution < 1.29 is 0 Å². The lowest BCUT2D eigenvalue weighted by Gasteiger charge is -2.36. The first-order chi connectivity index (χ1) is 8.35. The van der Waals surface area contributed by atoms with Crippen molar-refractivity contribution in [1.82, 2.24) is 5.43 Å². The Morgan fingerprint density at radius 1 is 1.47 bits per heavy atom. The van der Waals surface area contributed by atoms with Crippen LogP contribution in [0, 0.1) is 11.8 Å². The van der Waals surface area contributed by atoms with E-state index in [-0.39, 0.29) is 0 Å². The molecule has 1 aromatic heterocycles. The average molecular weight is 252 g/mol. The van der Waals surface area contributed by atoms with Gasteiger partial charge >= 0.3 is 0 Å². The topological polar surface area (TPSA) is 38.0 Å². The summed E-state index contributed by atoms with van der Waals surface area (Å²) in [4.78, 5) is 1.45. The summed E-state index contributed by atoms with van der Waals surface area (Å²) >= 11 is 1.84. The number of nitrogens with one attached hydrogen (secondary N) is 1. The molecule has 1 aliphatic rings. The van der Waals surface area contributed by atoms with E-state index in [0.717, 1.165) is 18.3 Å². The van der Waals surface area contributed by atoms with Crippen molar-refractivity contribution >= 4 is 11.3 Å². The molecule has 0 aromatic carbocycles. The number of hydrogen-bond donors (Lipinski definition) is 2. The van der Waals surface area contributed by atoms with Gasteiger partial charge in [0.15, 0.2) is 0 Å². The van der Waals surface area contributed by atoms with E-state index >= 15 is 0 Å². The Morgan fingerprint density at radius 2 is 2.29 bits per heavy atom. The van der Waals surface area contributed by atoms with Crippen LogP contribution in [0.5, 0.6) is 0 Å². The van der Waals surface area contributed by atoms with Gasteiger partial charge in [-0.1, -0.05) is 38.7 Å². The maximum atomic E-state index is 5.79. The van der Waals surface area contributed by atoms with Crippen LogP contribution in [0.4, 0.5) is 0 Å². The SMILES string of the molecule is CCC1CCCCC1C(Cc1cccs1)NN. The molecule has 1 aromatic rings. The highest BCUT2D eigenvalue weighted by Crippen LogP contribution is 2.35. The lowest BCUT2D eigenvalue weighted by molar-refractivity contribution is 0.175. The fraction of sp³-hybridized carbons (Fsp3) is 0.714. The minimum absolute atomic E-state index is 0.457. The first-order valence-corrected chi connectivity index (χ1v) is 7.71. The molecule has 0 radical (unpaired) electrons. The summed E-state index contributed by atoms with van der Waals surface area (Å²) in [6.45, 7) is 2.32. The fourth-order valence-corrected chi connectivity index (χ4v) is 4.02. The lowest BCUT2D eigenvalue weighted by atomic mass is 9.73. The standard InChI is InChI=1S/C14H24N2S/c1-2-11-6-3-4-8-13(11)14(16-15)10-12-7-5-9-17-12/h5,7,9,11,13-14,16H,2-4,6,8,10,15H2,1H3. The smallest absolute Gasteiger partial charge is 0.0289 e. The van der Waals surface area contributed by atoms with E-state index in [1.165, 1.54) is 37.0 Å². The van der Waals surface area contributed by atoms with E-state index in [1.807, 2.05) is 11.3 Å². The Labute approximate surface area is 109 Å². The van der Waals surface area contributed by atoms with Gasteiger partial charge in [-0.2, -0.15) is 0 Å². The molecule has 0 spiro atoms. The monoisotopic (exact) mass is 252 g/mol. The number of hydrazine groups is 1. The first kappa shape index (κ1) is 13.1. The van der Waals surface area contributed by atoms with Gasteiger partial charge in [0.05, 0.1) is 0 Å². The Kier molecular flexibility index (Phi) is 5.01. The van der Waals surface area contributed by atoms with E-state index in [4.69, 9.17) is 5.84 Å². The summed E-state index contributed by atoms with van der Waals surface area (Å²) in [6.07, 6.45) is 7.92. The summed E-state index contributed by atoms with van der Waals surface area (Å²) in [5.74, 6) is 7.42. The Hall–Kier alpha value is -0.380. The van der Waals surface area contributed by atoms with Crippen LogP contribution < -0.4 is 11.3 Å². The minimum Gasteiger partial charge on any atom is -0.271 e. The second-order valence-corrected chi connectivity index (χ2v) is 6.21. The molecular formula is C14H24N2S. The van der Waals surface area contributed by atoms with Crippen molar-refractivity contribution in [3.8, 4) is 0 Å². The van der Waals surface area contributed by atoms with E-state index in [0.29, 0.717) is 6.04 Å². The van der Waals surface area contributed by atoms with E-state index in [9.17, 15) is 0 Å². The summed E-state index contributed by atoms with van der Waals surface area (Å²) in [5, 5.41) is 2.15. The third-order valence-electron chi connectivity index (χ3n) is 4.22. The quantitative estimate of drug-likeness (QED) is 0.623. The van der Waals surface area contributed by atoms with Crippen LogP contribution in [0.15, 0.2) is 17.5 Å². The molecule has 0 saturated heterocycles. The fourth-order valence-electron chi connectivity index (χ4n) is 3.25. The van der Waals surface area contributed by atoms with Crippen LogP contribution in [0.3, 0.4) is 0 Å². The zero-order valence-corrected chi connectivity index (χ0v) is 11.5. The summed E-state index contributed by atoms with van der Waals surface area (Å²) in [6, 6.07) is 4.81. The van der Waals surface area contributed by atoms with Gasteiger partial charge in [0.2, 0.25) is 0 Å². The Morgan fingerprint density at radius 3 is 2.94 bits per heavy atom. The van der Waals surface area contributed by atoms with Gasteiger partial charge < -0.3 is 0 Å². The molecule has 1 saturated carbocycles. The summed E-state index contributed by atoms with van der Waals surface area (Å²) in [5.41, 5.74) is 3.08. The molecule has 0 bridgehead atoms. The summed E-state index contributed by atoms with van der Waals surface area (Å²) < 4.78 is 0. The second kappa shape index (κ2) is 6.53. The zero-order valence-electron chi connectivity index (χ0n) is 10.7. The molecule has 1 heterocycles. The molecule has 2 rings (SSSR count). The predicted molar refractivity (Wildman–Crippen MR) is 74.9 cm³/mol. The van der Waals surface area contributed by atoms with Crippen molar-refractivity contribution in [2.75, 3.05) is 0 Å². The molecule has 3 heteroatoms. The molecule has 1 fully saturated rings. The van der Waals surface area contributed by atoms with E-state index in [1.54, 1.807) is 0 Å². The first-order valence-electron chi connectivity index (χ1n) is 6.83. The average Bonchev–Trinajstić information content (AvgIpc) is 2.89. The predicted octanol–water partition coefficient (Wildman–Crippen LogP) is 3.34. The molecule has 3 N–H and O–H groups in total. The number of nitrogens with two attached hydrogens (primary N) is 1. The molecule has 1 aliphatic carbocycles. The molecule has 0 aliphatic heterocycles. The molecule has 2 nitrogen and oxygen atoms in total. The van der Waals surface area contributed by atoms with Crippen LogP contribution in [0.1, 0.15) is 43.9 Å². The van der Waals surface area contributed by atoms with Crippen LogP contribution in [-0.4, -0.2) is 6.04 Å². The van der Waals surface area contributed by atoms with Crippen LogP contribution in [0.2, 0.25) is 0 Å². The normalized spacial score (nSPS) is 26.9. The van der Waals surface area contributed by atoms with Gasteiger partial charge in [0.25, 0.3) is 0 Å². The third kappa shape index (κ3) is 3.30. The van der Waals surface area contributed by atoms with Crippen LogP contribution >= 0.6 is 11.3 Å².